The molecule has 2 unspecified atom stereocenters. The SMILES string of the molecule is O=CC1=CC(O)C(O)(Cc2ccccc2)C=C1. The number of carbonyl (C=O) groups excluding carboxylic acids is 1. The van der Waals surface area contributed by atoms with Gasteiger partial charge in [0.05, 0.1) is 0 Å². The number of allylic oxidation sites excluding steroid dienone is 2. The van der Waals surface area contributed by atoms with Crippen molar-refractivity contribution >= 4 is 6.29 Å². The Morgan fingerprint density at radius 3 is 2.59 bits per heavy atom. The van der Waals surface area contributed by atoms with E-state index >= 15 is 0 Å². The van der Waals surface area contributed by atoms with E-state index in [1.54, 1.807) is 0 Å². The molecule has 0 spiro atoms. The molecule has 1 aliphatic rings. The van der Waals surface area contributed by atoms with E-state index in [9.17, 15) is 15.0 Å². The van der Waals surface area contributed by atoms with E-state index < -0.39 is 11.7 Å². The Labute approximate surface area is 99.7 Å². The minimum absolute atomic E-state index is 0.314. The Balaban J connectivity index is 2.19. The van der Waals surface area contributed by atoms with Gasteiger partial charge in [-0.15, -0.1) is 0 Å². The van der Waals surface area contributed by atoms with E-state index in [-0.39, 0.29) is 0 Å². The zero-order chi connectivity index (χ0) is 12.3. The molecule has 0 saturated heterocycles. The van der Waals surface area contributed by atoms with Gasteiger partial charge in [-0.05, 0) is 17.7 Å². The minimum atomic E-state index is -1.34. The number of aliphatic hydroxyl groups excluding tert-OH is 1. The second-order valence-electron chi connectivity index (χ2n) is 4.22. The summed E-state index contributed by atoms with van der Waals surface area (Å²) in [5.74, 6) is 0. The highest BCUT2D eigenvalue weighted by atomic mass is 16.3. The third-order valence-corrected chi connectivity index (χ3v) is 2.89. The Morgan fingerprint density at radius 2 is 2.00 bits per heavy atom. The van der Waals surface area contributed by atoms with Crippen molar-refractivity contribution in [3.63, 3.8) is 0 Å². The molecular formula is C14H14O3. The van der Waals surface area contributed by atoms with Gasteiger partial charge in [0.15, 0.2) is 0 Å². The lowest BCUT2D eigenvalue weighted by Crippen LogP contribution is -2.43. The monoisotopic (exact) mass is 230 g/mol. The van der Waals surface area contributed by atoms with Crippen molar-refractivity contribution in [3.05, 3.63) is 59.7 Å². The Morgan fingerprint density at radius 1 is 1.29 bits per heavy atom. The molecule has 0 bridgehead atoms. The van der Waals surface area contributed by atoms with Crippen LogP contribution < -0.4 is 0 Å². The maximum absolute atomic E-state index is 10.6. The summed E-state index contributed by atoms with van der Waals surface area (Å²) < 4.78 is 0. The summed E-state index contributed by atoms with van der Waals surface area (Å²) in [5, 5.41) is 20.2. The molecule has 1 aliphatic carbocycles. The van der Waals surface area contributed by atoms with E-state index in [4.69, 9.17) is 0 Å². The summed E-state index contributed by atoms with van der Waals surface area (Å²) in [5.41, 5.74) is -0.0229. The van der Waals surface area contributed by atoms with E-state index in [0.717, 1.165) is 5.56 Å². The molecule has 0 amide bonds. The van der Waals surface area contributed by atoms with E-state index in [1.165, 1.54) is 18.2 Å². The lowest BCUT2D eigenvalue weighted by molar-refractivity contribution is -0.104. The van der Waals surface area contributed by atoms with Crippen LogP contribution in [0.1, 0.15) is 5.56 Å². The van der Waals surface area contributed by atoms with Crippen LogP contribution in [0.25, 0.3) is 0 Å². The molecule has 0 fully saturated rings. The quantitative estimate of drug-likeness (QED) is 0.762. The van der Waals surface area contributed by atoms with Crippen LogP contribution in [0.3, 0.4) is 0 Å². The molecule has 0 radical (unpaired) electrons. The molecule has 2 atom stereocenters. The van der Waals surface area contributed by atoms with Gasteiger partial charge >= 0.3 is 0 Å². The smallest absolute Gasteiger partial charge is 0.149 e. The molecule has 1 aromatic carbocycles. The maximum Gasteiger partial charge on any atom is 0.149 e. The number of hydrogen-bond acceptors (Lipinski definition) is 3. The van der Waals surface area contributed by atoms with Gasteiger partial charge in [-0.1, -0.05) is 36.4 Å². The normalized spacial score (nSPS) is 27.6. The number of rotatable bonds is 3. The Hall–Kier alpha value is -1.71. The van der Waals surface area contributed by atoms with Gasteiger partial charge in [-0.25, -0.2) is 0 Å². The first-order valence-corrected chi connectivity index (χ1v) is 5.45. The van der Waals surface area contributed by atoms with Crippen LogP contribution in [0.15, 0.2) is 54.1 Å². The van der Waals surface area contributed by atoms with Gasteiger partial charge in [-0.3, -0.25) is 4.79 Å². The average Bonchev–Trinajstić information content (AvgIpc) is 2.34. The van der Waals surface area contributed by atoms with Crippen molar-refractivity contribution < 1.29 is 15.0 Å². The summed E-state index contributed by atoms with van der Waals surface area (Å²) in [6, 6.07) is 9.43. The Bertz CT molecular complexity index is 462. The molecule has 0 heterocycles. The molecule has 17 heavy (non-hydrogen) atoms. The highest BCUT2D eigenvalue weighted by Crippen LogP contribution is 2.25. The molecule has 0 saturated carbocycles. The van der Waals surface area contributed by atoms with Crippen LogP contribution in [-0.2, 0) is 11.2 Å². The third-order valence-electron chi connectivity index (χ3n) is 2.89. The molecule has 3 nitrogen and oxygen atoms in total. The van der Waals surface area contributed by atoms with Crippen LogP contribution in [0.5, 0.6) is 0 Å². The van der Waals surface area contributed by atoms with Gasteiger partial charge in [0.1, 0.15) is 18.0 Å². The van der Waals surface area contributed by atoms with Crippen molar-refractivity contribution in [1.82, 2.24) is 0 Å². The van der Waals surface area contributed by atoms with E-state index in [1.807, 2.05) is 30.3 Å². The van der Waals surface area contributed by atoms with Gasteiger partial charge < -0.3 is 10.2 Å². The first-order chi connectivity index (χ1) is 8.14. The van der Waals surface area contributed by atoms with Crippen LogP contribution in [0.4, 0.5) is 0 Å². The number of hydrogen-bond donors (Lipinski definition) is 2. The van der Waals surface area contributed by atoms with Crippen molar-refractivity contribution in [1.29, 1.82) is 0 Å². The predicted octanol–water partition coefficient (Wildman–Crippen LogP) is 1.02. The summed E-state index contributed by atoms with van der Waals surface area (Å²) in [6.45, 7) is 0. The summed E-state index contributed by atoms with van der Waals surface area (Å²) >= 11 is 0. The largest absolute Gasteiger partial charge is 0.386 e. The number of aldehydes is 1. The Kier molecular flexibility index (Phi) is 3.22. The van der Waals surface area contributed by atoms with Crippen molar-refractivity contribution in [2.75, 3.05) is 0 Å². The van der Waals surface area contributed by atoms with Crippen molar-refractivity contribution in [2.24, 2.45) is 0 Å². The average molecular weight is 230 g/mol. The van der Waals surface area contributed by atoms with Crippen LogP contribution in [0.2, 0.25) is 0 Å². The molecule has 2 N–H and O–H groups in total. The number of carbonyl (C=O) groups is 1. The molecule has 0 aromatic heterocycles. The van der Waals surface area contributed by atoms with E-state index in [0.29, 0.717) is 18.3 Å². The fourth-order valence-corrected chi connectivity index (χ4v) is 1.89. The van der Waals surface area contributed by atoms with E-state index in [2.05, 4.69) is 0 Å². The molecule has 88 valence electrons. The lowest BCUT2D eigenvalue weighted by atomic mass is 9.84. The summed E-state index contributed by atoms with van der Waals surface area (Å²) in [6.07, 6.45) is 4.29. The second kappa shape index (κ2) is 4.65. The topological polar surface area (TPSA) is 57.5 Å². The van der Waals surface area contributed by atoms with Gasteiger partial charge in [-0.2, -0.15) is 0 Å². The standard InChI is InChI=1S/C14H14O3/c15-10-12-6-7-14(17,13(16)8-12)9-11-4-2-1-3-5-11/h1-8,10,13,16-17H,9H2. The molecular weight excluding hydrogens is 216 g/mol. The zero-order valence-electron chi connectivity index (χ0n) is 9.28. The number of benzene rings is 1. The summed E-state index contributed by atoms with van der Waals surface area (Å²) in [4.78, 5) is 10.6. The summed E-state index contributed by atoms with van der Waals surface area (Å²) in [7, 11) is 0. The van der Waals surface area contributed by atoms with Gasteiger partial charge in [0.2, 0.25) is 0 Å². The fourth-order valence-electron chi connectivity index (χ4n) is 1.89. The van der Waals surface area contributed by atoms with Crippen LogP contribution >= 0.6 is 0 Å². The maximum atomic E-state index is 10.6. The van der Waals surface area contributed by atoms with Crippen LogP contribution in [-0.4, -0.2) is 28.2 Å². The van der Waals surface area contributed by atoms with Crippen LogP contribution in [0, 0.1) is 0 Å². The fraction of sp³-hybridized carbons (Fsp3) is 0.214. The molecule has 0 aliphatic heterocycles. The lowest BCUT2D eigenvalue weighted by Gasteiger charge is -2.31. The van der Waals surface area contributed by atoms with Gasteiger partial charge in [0.25, 0.3) is 0 Å². The first-order valence-electron chi connectivity index (χ1n) is 5.45. The van der Waals surface area contributed by atoms with Crippen molar-refractivity contribution in [3.8, 4) is 0 Å². The highest BCUT2D eigenvalue weighted by Gasteiger charge is 2.34. The molecule has 2 rings (SSSR count). The second-order valence-corrected chi connectivity index (χ2v) is 4.22. The number of aliphatic hydroxyl groups is 2. The minimum Gasteiger partial charge on any atom is -0.386 e. The predicted molar refractivity (Wildman–Crippen MR) is 64.4 cm³/mol. The third kappa shape index (κ3) is 2.52. The highest BCUT2D eigenvalue weighted by molar-refractivity contribution is 5.78. The first kappa shape index (κ1) is 11.8. The molecule has 1 aromatic rings. The van der Waals surface area contributed by atoms with Gasteiger partial charge in [0, 0.05) is 12.0 Å². The van der Waals surface area contributed by atoms with Crippen molar-refractivity contribution in [2.45, 2.75) is 18.1 Å². The zero-order valence-corrected chi connectivity index (χ0v) is 9.28. The molecule has 3 heteroatoms.